The van der Waals surface area contributed by atoms with Crippen molar-refractivity contribution in [1.82, 2.24) is 10.3 Å². The Bertz CT molecular complexity index is 414. The lowest BCUT2D eigenvalue weighted by Crippen LogP contribution is -2.32. The van der Waals surface area contributed by atoms with E-state index in [1.54, 1.807) is 7.11 Å². The van der Waals surface area contributed by atoms with Gasteiger partial charge in [-0.2, -0.15) is 0 Å². The fourth-order valence-corrected chi connectivity index (χ4v) is 3.83. The molecule has 1 aromatic heterocycles. The Morgan fingerprint density at radius 3 is 2.89 bits per heavy atom. The molecule has 1 aliphatic rings. The summed E-state index contributed by atoms with van der Waals surface area (Å²) in [4.78, 5) is 6.23. The van der Waals surface area contributed by atoms with E-state index in [1.165, 1.54) is 17.0 Å². The van der Waals surface area contributed by atoms with Crippen LogP contribution >= 0.6 is 11.3 Å². The highest BCUT2D eigenvalue weighted by molar-refractivity contribution is 7.11. The van der Waals surface area contributed by atoms with Crippen molar-refractivity contribution in [2.24, 2.45) is 5.41 Å². The molecule has 1 aromatic rings. The lowest BCUT2D eigenvalue weighted by molar-refractivity contribution is 0.119. The van der Waals surface area contributed by atoms with Gasteiger partial charge in [-0.15, -0.1) is 11.3 Å². The molecule has 0 aliphatic heterocycles. The van der Waals surface area contributed by atoms with Gasteiger partial charge in [-0.3, -0.25) is 0 Å². The number of methoxy groups -OCH3 is 1. The molecule has 0 fully saturated rings. The van der Waals surface area contributed by atoms with E-state index in [9.17, 15) is 0 Å². The second kappa shape index (κ2) is 5.27. The van der Waals surface area contributed by atoms with E-state index in [0.717, 1.165) is 18.0 Å². The average molecular weight is 268 g/mol. The zero-order valence-corrected chi connectivity index (χ0v) is 12.9. The van der Waals surface area contributed by atoms with Crippen LogP contribution in [0.15, 0.2) is 0 Å². The minimum atomic E-state index is 0.103. The molecule has 4 heteroatoms. The van der Waals surface area contributed by atoms with Crippen LogP contribution in [0.25, 0.3) is 0 Å². The predicted octanol–water partition coefficient (Wildman–Crippen LogP) is 3.47. The van der Waals surface area contributed by atoms with Crippen molar-refractivity contribution in [3.8, 4) is 0 Å². The molecule has 0 spiro atoms. The molecule has 0 saturated carbocycles. The Morgan fingerprint density at radius 1 is 1.56 bits per heavy atom. The van der Waals surface area contributed by atoms with Gasteiger partial charge >= 0.3 is 0 Å². The SMILES string of the molecule is CCNC1CC(C)(C)Cc2nc(C(C)OC)sc21. The number of hydrogen-bond acceptors (Lipinski definition) is 4. The van der Waals surface area contributed by atoms with Crippen LogP contribution in [-0.2, 0) is 11.2 Å². The highest BCUT2D eigenvalue weighted by Crippen LogP contribution is 2.43. The second-order valence-corrected chi connectivity index (χ2v) is 6.96. The summed E-state index contributed by atoms with van der Waals surface area (Å²) in [5.74, 6) is 0. The molecule has 2 atom stereocenters. The van der Waals surface area contributed by atoms with Crippen LogP contribution in [0.2, 0.25) is 0 Å². The molecule has 102 valence electrons. The number of nitrogens with zero attached hydrogens (tertiary/aromatic N) is 1. The zero-order chi connectivity index (χ0) is 13.3. The summed E-state index contributed by atoms with van der Waals surface area (Å²) in [7, 11) is 1.75. The second-order valence-electron chi connectivity index (χ2n) is 5.90. The van der Waals surface area contributed by atoms with E-state index >= 15 is 0 Å². The number of ether oxygens (including phenoxy) is 1. The molecule has 0 aromatic carbocycles. The molecule has 0 saturated heterocycles. The maximum atomic E-state index is 5.39. The molecule has 3 nitrogen and oxygen atoms in total. The van der Waals surface area contributed by atoms with Gasteiger partial charge in [0.2, 0.25) is 0 Å². The Morgan fingerprint density at radius 2 is 2.28 bits per heavy atom. The summed E-state index contributed by atoms with van der Waals surface area (Å²) in [6.07, 6.45) is 2.37. The van der Waals surface area contributed by atoms with Gasteiger partial charge in [-0.25, -0.2) is 4.98 Å². The molecule has 18 heavy (non-hydrogen) atoms. The van der Waals surface area contributed by atoms with E-state index in [4.69, 9.17) is 9.72 Å². The lowest BCUT2D eigenvalue weighted by Gasteiger charge is -2.34. The average Bonchev–Trinajstić information content (AvgIpc) is 2.70. The van der Waals surface area contributed by atoms with Crippen molar-refractivity contribution in [3.63, 3.8) is 0 Å². The van der Waals surface area contributed by atoms with E-state index in [1.807, 2.05) is 11.3 Å². The molecular formula is C14H24N2OS. The molecule has 1 heterocycles. The predicted molar refractivity (Wildman–Crippen MR) is 76.1 cm³/mol. The van der Waals surface area contributed by atoms with Gasteiger partial charge in [-0.1, -0.05) is 20.8 Å². The van der Waals surface area contributed by atoms with Gasteiger partial charge in [0.05, 0.1) is 5.69 Å². The Balaban J connectivity index is 2.33. The first kappa shape index (κ1) is 14.0. The van der Waals surface area contributed by atoms with Crippen molar-refractivity contribution in [2.45, 2.75) is 52.7 Å². The van der Waals surface area contributed by atoms with Gasteiger partial charge in [0, 0.05) is 18.0 Å². The molecular weight excluding hydrogens is 244 g/mol. The summed E-state index contributed by atoms with van der Waals surface area (Å²) in [5.41, 5.74) is 1.61. The number of fused-ring (bicyclic) bond motifs is 1. The van der Waals surface area contributed by atoms with E-state index in [-0.39, 0.29) is 6.10 Å². The zero-order valence-electron chi connectivity index (χ0n) is 12.0. The van der Waals surface area contributed by atoms with Gasteiger partial charge in [0.1, 0.15) is 11.1 Å². The normalized spacial score (nSPS) is 23.7. The van der Waals surface area contributed by atoms with E-state index < -0.39 is 0 Å². The number of rotatable bonds is 4. The summed E-state index contributed by atoms with van der Waals surface area (Å²) in [6, 6.07) is 0.462. The van der Waals surface area contributed by atoms with Crippen molar-refractivity contribution >= 4 is 11.3 Å². The molecule has 1 N–H and O–H groups in total. The number of aromatic nitrogens is 1. The first-order valence-electron chi connectivity index (χ1n) is 6.72. The first-order valence-corrected chi connectivity index (χ1v) is 7.54. The monoisotopic (exact) mass is 268 g/mol. The van der Waals surface area contributed by atoms with Gasteiger partial charge in [0.25, 0.3) is 0 Å². The summed E-state index contributed by atoms with van der Waals surface area (Å²) >= 11 is 1.82. The largest absolute Gasteiger partial charge is 0.375 e. The standard InChI is InChI=1S/C14H24N2OS/c1-6-15-10-7-14(3,4)8-11-12(10)18-13(16-11)9(2)17-5/h9-10,15H,6-8H2,1-5H3. The van der Waals surface area contributed by atoms with Crippen LogP contribution in [0, 0.1) is 5.41 Å². The number of hydrogen-bond donors (Lipinski definition) is 1. The Hall–Kier alpha value is -0.450. The minimum absolute atomic E-state index is 0.103. The van der Waals surface area contributed by atoms with Crippen LogP contribution in [0.4, 0.5) is 0 Å². The number of thiazole rings is 1. The molecule has 1 aliphatic carbocycles. The third-order valence-electron chi connectivity index (χ3n) is 3.62. The third kappa shape index (κ3) is 2.76. The van der Waals surface area contributed by atoms with Crippen LogP contribution < -0.4 is 5.32 Å². The van der Waals surface area contributed by atoms with Crippen molar-refractivity contribution in [1.29, 1.82) is 0 Å². The Labute approximate surface area is 114 Å². The topological polar surface area (TPSA) is 34.2 Å². The fraction of sp³-hybridized carbons (Fsp3) is 0.786. The van der Waals surface area contributed by atoms with Gasteiger partial charge in [0.15, 0.2) is 0 Å². The smallest absolute Gasteiger partial charge is 0.122 e. The molecule has 0 radical (unpaired) electrons. The Kier molecular flexibility index (Phi) is 4.09. The molecule has 2 unspecified atom stereocenters. The van der Waals surface area contributed by atoms with Gasteiger partial charge in [-0.05, 0) is 31.7 Å². The van der Waals surface area contributed by atoms with E-state index in [0.29, 0.717) is 11.5 Å². The summed E-state index contributed by atoms with van der Waals surface area (Å²) in [5, 5.41) is 4.71. The quantitative estimate of drug-likeness (QED) is 0.908. The lowest BCUT2D eigenvalue weighted by atomic mass is 9.76. The highest BCUT2D eigenvalue weighted by Gasteiger charge is 2.35. The maximum absolute atomic E-state index is 5.39. The summed E-state index contributed by atoms with van der Waals surface area (Å²) in [6.45, 7) is 9.91. The van der Waals surface area contributed by atoms with Crippen molar-refractivity contribution in [3.05, 3.63) is 15.6 Å². The minimum Gasteiger partial charge on any atom is -0.375 e. The first-order chi connectivity index (χ1) is 8.46. The summed E-state index contributed by atoms with van der Waals surface area (Å²) < 4.78 is 5.39. The molecule has 0 bridgehead atoms. The van der Waals surface area contributed by atoms with Crippen LogP contribution in [-0.4, -0.2) is 18.6 Å². The van der Waals surface area contributed by atoms with Crippen LogP contribution in [0.5, 0.6) is 0 Å². The highest BCUT2D eigenvalue weighted by atomic mass is 32.1. The van der Waals surface area contributed by atoms with Crippen LogP contribution in [0.3, 0.4) is 0 Å². The van der Waals surface area contributed by atoms with Crippen LogP contribution in [0.1, 0.15) is 61.8 Å². The molecule has 0 amide bonds. The van der Waals surface area contributed by atoms with Crippen molar-refractivity contribution < 1.29 is 4.74 Å². The van der Waals surface area contributed by atoms with E-state index in [2.05, 4.69) is 33.0 Å². The maximum Gasteiger partial charge on any atom is 0.122 e. The van der Waals surface area contributed by atoms with Crippen molar-refractivity contribution in [2.75, 3.05) is 13.7 Å². The fourth-order valence-electron chi connectivity index (χ4n) is 2.64. The molecule has 2 rings (SSSR count). The third-order valence-corrected chi connectivity index (χ3v) is 4.99. The number of nitrogens with one attached hydrogen (secondary N) is 1. The van der Waals surface area contributed by atoms with Gasteiger partial charge < -0.3 is 10.1 Å².